The van der Waals surface area contributed by atoms with Crippen molar-refractivity contribution in [2.75, 3.05) is 78.4 Å². The molecule has 404 valence electrons. The van der Waals surface area contributed by atoms with Crippen LogP contribution in [0.1, 0.15) is 240 Å². The summed E-state index contributed by atoms with van der Waals surface area (Å²) in [6.45, 7) is 7.26. The standard InChI is InChI=1S/2C21H46N.2C3H6NO4S2.CH4.ClH.K/c2*1-5-6-7-8-9-10-11-12-13-14-15-16-17-18-19-20-21-22(2,3)4;2*5-9(6)2-1-3-10(7,8)4-9;;;/h2*5-21H2,1-4H3;2*1-3H2;1H4;1H;/q2*+1;2*-1;;;+1/p-1. The molecule has 2 rings (SSSR count). The van der Waals surface area contributed by atoms with Crippen molar-refractivity contribution in [2.45, 2.75) is 240 Å². The number of hydrogen-bond donors (Lipinski definition) is 0. The van der Waals surface area contributed by atoms with E-state index in [1.807, 2.05) is 0 Å². The SMILES string of the molecule is C.CCCCCCCCCCCCCCCCCC[N+](C)(C)C.CCCCCCCCCCCCCCCCCC[N+](C)(C)C.O=S1(=O)CCCS(=O)(=O)[N-]1.O=S1(=O)CCCS(=O)(=O)[N-]1.[Cl-].[K+]. The molecule has 0 amide bonds. The van der Waals surface area contributed by atoms with Crippen LogP contribution in [0.5, 0.6) is 0 Å². The molecule has 0 aliphatic carbocycles. The van der Waals surface area contributed by atoms with Gasteiger partial charge in [0, 0.05) is 23.0 Å². The van der Waals surface area contributed by atoms with Gasteiger partial charge in [-0.05, 0) is 38.5 Å². The zero-order valence-corrected chi connectivity index (χ0v) is 51.5. The molecule has 0 aromatic carbocycles. The number of rotatable bonds is 34. The van der Waals surface area contributed by atoms with E-state index in [-0.39, 0.29) is 107 Å². The molecule has 0 unspecified atom stereocenters. The van der Waals surface area contributed by atoms with Crippen molar-refractivity contribution in [1.29, 1.82) is 0 Å². The summed E-state index contributed by atoms with van der Waals surface area (Å²) in [7, 11) is -0.832. The average molecular weight is 1080 g/mol. The first-order valence-electron chi connectivity index (χ1n) is 25.9. The molecule has 67 heavy (non-hydrogen) atoms. The number of sulfonamides is 4. The van der Waals surface area contributed by atoms with Crippen molar-refractivity contribution < 1.29 is 106 Å². The molecule has 0 bridgehead atoms. The smallest absolute Gasteiger partial charge is 1.00 e. The van der Waals surface area contributed by atoms with E-state index in [1.54, 1.807) is 0 Å². The van der Waals surface area contributed by atoms with Crippen LogP contribution in [0, 0.1) is 0 Å². The van der Waals surface area contributed by atoms with Gasteiger partial charge < -0.3 is 29.6 Å². The maximum absolute atomic E-state index is 10.5. The summed E-state index contributed by atoms with van der Waals surface area (Å²) in [5.41, 5.74) is 0. The molecule has 12 nitrogen and oxygen atoms in total. The molecule has 0 aromatic heterocycles. The first kappa shape index (κ1) is 77.5. The second-order valence-corrected chi connectivity index (χ2v) is 28.1. The minimum atomic E-state index is -3.65. The monoisotopic (exact) mass is 1080 g/mol. The van der Waals surface area contributed by atoms with Crippen LogP contribution < -0.4 is 63.8 Å². The predicted octanol–water partition coefficient (Wildman–Crippen LogP) is 7.40. The summed E-state index contributed by atoms with van der Waals surface area (Å²) in [5.74, 6) is -0.586. The van der Waals surface area contributed by atoms with Crippen molar-refractivity contribution in [3.8, 4) is 0 Å². The zero-order valence-electron chi connectivity index (χ0n) is 44.4. The van der Waals surface area contributed by atoms with Crippen molar-refractivity contribution in [2.24, 2.45) is 0 Å². The van der Waals surface area contributed by atoms with Crippen LogP contribution in [-0.4, -0.2) is 121 Å². The molecule has 2 fully saturated rings. The van der Waals surface area contributed by atoms with Gasteiger partial charge in [-0.15, -0.1) is 0 Å². The van der Waals surface area contributed by atoms with E-state index in [2.05, 4.69) is 64.4 Å². The quantitative estimate of drug-likeness (QED) is 0.0366. The van der Waals surface area contributed by atoms with Crippen molar-refractivity contribution in [3.05, 3.63) is 8.25 Å². The fraction of sp³-hybridized carbons (Fsp3) is 1.00. The molecule has 2 aliphatic heterocycles. The van der Waals surface area contributed by atoms with Crippen molar-refractivity contribution in [1.82, 2.24) is 0 Å². The van der Waals surface area contributed by atoms with E-state index < -0.39 is 40.1 Å². The number of unbranched alkanes of at least 4 members (excludes halogenated alkanes) is 30. The normalized spacial score (nSPS) is 16.7. The van der Waals surface area contributed by atoms with Crippen LogP contribution in [0.4, 0.5) is 0 Å². The maximum Gasteiger partial charge on any atom is 1.00 e. The molecule has 0 aromatic rings. The molecule has 18 heteroatoms. The molecule has 2 heterocycles. The van der Waals surface area contributed by atoms with Gasteiger partial charge in [-0.2, -0.15) is 0 Å². The summed E-state index contributed by atoms with van der Waals surface area (Å²) in [6, 6.07) is 0. The van der Waals surface area contributed by atoms with E-state index >= 15 is 0 Å². The number of halogens is 1. The van der Waals surface area contributed by atoms with Crippen molar-refractivity contribution >= 4 is 40.1 Å². The number of hydrogen-bond acceptors (Lipinski definition) is 8. The largest absolute Gasteiger partial charge is 1.00 e. The second-order valence-electron chi connectivity index (χ2n) is 20.6. The Morgan fingerprint density at radius 3 is 0.582 bits per heavy atom. The van der Waals surface area contributed by atoms with Crippen LogP contribution >= 0.6 is 0 Å². The predicted molar refractivity (Wildman–Crippen MR) is 283 cm³/mol. The first-order valence-corrected chi connectivity index (χ1v) is 32.4. The topological polar surface area (TPSA) is 165 Å². The van der Waals surface area contributed by atoms with E-state index in [0.717, 1.165) is 8.97 Å². The van der Waals surface area contributed by atoms with Crippen LogP contribution in [0.2, 0.25) is 0 Å². The van der Waals surface area contributed by atoms with Gasteiger partial charge in [-0.25, -0.2) is 33.7 Å². The minimum Gasteiger partial charge on any atom is -1.00 e. The van der Waals surface area contributed by atoms with Crippen molar-refractivity contribution in [3.63, 3.8) is 0 Å². The minimum absolute atomic E-state index is 0. The first-order chi connectivity index (χ1) is 29.9. The molecule has 0 radical (unpaired) electrons. The maximum atomic E-state index is 10.5. The van der Waals surface area contributed by atoms with Gasteiger partial charge in [0.2, 0.25) is 0 Å². The molecule has 0 atom stereocenters. The van der Waals surface area contributed by atoms with E-state index in [1.165, 1.54) is 219 Å². The third-order valence-corrected chi connectivity index (χ3v) is 18.3. The van der Waals surface area contributed by atoms with Gasteiger partial charge in [-0.1, -0.05) is 201 Å². The van der Waals surface area contributed by atoms with Gasteiger partial charge in [0.1, 0.15) is 0 Å². The summed E-state index contributed by atoms with van der Waals surface area (Å²) in [5, 5.41) is 0. The molecule has 0 saturated carbocycles. The number of quaternary nitrogens is 2. The Morgan fingerprint density at radius 1 is 0.313 bits per heavy atom. The van der Waals surface area contributed by atoms with E-state index in [4.69, 9.17) is 0 Å². The van der Waals surface area contributed by atoms with Gasteiger partial charge in [0.15, 0.2) is 0 Å². The van der Waals surface area contributed by atoms with Gasteiger partial charge in [-0.3, -0.25) is 0 Å². The fourth-order valence-corrected chi connectivity index (χ4v) is 14.0. The Hall–Kier alpha value is 1.57. The molecule has 0 spiro atoms. The van der Waals surface area contributed by atoms with E-state index in [9.17, 15) is 33.7 Å². The van der Waals surface area contributed by atoms with Gasteiger partial charge >= 0.3 is 51.4 Å². The zero-order chi connectivity index (χ0) is 48.7. The van der Waals surface area contributed by atoms with Crippen LogP contribution in [-0.2, 0) is 40.1 Å². The summed E-state index contributed by atoms with van der Waals surface area (Å²) < 4.78 is 91.8. The molecule has 2 aliphatic rings. The Labute approximate surface area is 467 Å². The molecule has 0 N–H and O–H groups in total. The fourth-order valence-electron chi connectivity index (χ4n) is 7.61. The third-order valence-electron chi connectivity index (χ3n) is 11.4. The Balaban J connectivity index is -0.000000265. The van der Waals surface area contributed by atoms with Crippen LogP contribution in [0.15, 0.2) is 0 Å². The molecular formula is C49H108ClKN4O8S4. The van der Waals surface area contributed by atoms with Gasteiger partial charge in [0.25, 0.3) is 0 Å². The Kier molecular flexibility index (Phi) is 54.7. The summed E-state index contributed by atoms with van der Waals surface area (Å²) in [6.07, 6.45) is 47.0. The second kappa shape index (κ2) is 47.3. The third kappa shape index (κ3) is 63.6. The number of nitrogens with zero attached hydrogens (tertiary/aromatic N) is 4. The summed E-state index contributed by atoms with van der Waals surface area (Å²) in [4.78, 5) is 0. The van der Waals surface area contributed by atoms with Gasteiger partial charge in [0.05, 0.1) is 95.5 Å². The Bertz CT molecular complexity index is 1350. The van der Waals surface area contributed by atoms with Crippen LogP contribution in [0.3, 0.4) is 0 Å². The Morgan fingerprint density at radius 2 is 0.463 bits per heavy atom. The van der Waals surface area contributed by atoms with E-state index in [0.29, 0.717) is 0 Å². The van der Waals surface area contributed by atoms with Crippen LogP contribution in [0.25, 0.3) is 8.25 Å². The summed E-state index contributed by atoms with van der Waals surface area (Å²) >= 11 is 0. The molecule has 2 saturated heterocycles. The molecular weight excluding hydrogens is 975 g/mol. The average Bonchev–Trinajstić information content (AvgIpc) is 3.15.